The first-order chi connectivity index (χ1) is 20.8. The van der Waals surface area contributed by atoms with E-state index in [1.165, 1.54) is 22.3 Å². The smallest absolute Gasteiger partial charge is 0.234 e. The van der Waals surface area contributed by atoms with E-state index in [4.69, 9.17) is 4.74 Å². The van der Waals surface area contributed by atoms with Crippen molar-refractivity contribution in [3.63, 3.8) is 0 Å². The molecule has 3 aliphatic heterocycles. The molecule has 0 radical (unpaired) electrons. The Balaban J connectivity index is 1.11. The molecule has 2 amide bonds. The molecule has 43 heavy (non-hydrogen) atoms. The van der Waals surface area contributed by atoms with E-state index < -0.39 is 0 Å². The SMILES string of the molecule is CCC/C(=C\c1cc(Br)ccc1O)CC[C@H]1OC[C@H]2C1=C(C)C[C@H]1C(=O)N(C3CCN(Cc4ccccc4)CC3)C(=O)[C@H]12. The fraction of sp³-hybridized carbons (Fsp3) is 0.500. The van der Waals surface area contributed by atoms with Gasteiger partial charge in [-0.3, -0.25) is 19.4 Å². The molecule has 6 rings (SSSR count). The van der Waals surface area contributed by atoms with Gasteiger partial charge in [-0.15, -0.1) is 0 Å². The number of hydrogen-bond donors (Lipinski definition) is 1. The summed E-state index contributed by atoms with van der Waals surface area (Å²) in [5.74, 6) is -0.186. The number of imide groups is 1. The quantitative estimate of drug-likeness (QED) is 0.232. The number of carbonyl (C=O) groups is 2. The maximum absolute atomic E-state index is 14.0. The molecule has 1 aliphatic carbocycles. The average Bonchev–Trinajstić information content (AvgIpc) is 3.53. The topological polar surface area (TPSA) is 70.1 Å². The number of carbonyl (C=O) groups excluding carboxylic acids is 2. The van der Waals surface area contributed by atoms with E-state index in [1.807, 2.05) is 18.2 Å². The summed E-state index contributed by atoms with van der Waals surface area (Å²) in [6.45, 7) is 7.54. The molecule has 7 heteroatoms. The predicted molar refractivity (Wildman–Crippen MR) is 172 cm³/mol. The molecule has 2 aromatic carbocycles. The number of benzene rings is 2. The number of halogens is 1. The number of fused-ring (bicyclic) bond motifs is 3. The summed E-state index contributed by atoms with van der Waals surface area (Å²) in [7, 11) is 0. The molecule has 3 heterocycles. The maximum atomic E-state index is 14.0. The van der Waals surface area contributed by atoms with E-state index in [0.717, 1.165) is 68.2 Å². The lowest BCUT2D eigenvalue weighted by Gasteiger charge is -2.36. The first-order valence-electron chi connectivity index (χ1n) is 16.0. The van der Waals surface area contributed by atoms with Crippen molar-refractivity contribution in [3.05, 3.63) is 80.8 Å². The summed E-state index contributed by atoms with van der Waals surface area (Å²) in [5.41, 5.74) is 5.91. The van der Waals surface area contributed by atoms with Crippen molar-refractivity contribution in [2.75, 3.05) is 19.7 Å². The molecule has 3 saturated heterocycles. The van der Waals surface area contributed by atoms with Crippen LogP contribution in [0.4, 0.5) is 0 Å². The third-order valence-corrected chi connectivity index (χ3v) is 10.5. The number of amides is 2. The molecule has 3 fully saturated rings. The highest BCUT2D eigenvalue weighted by molar-refractivity contribution is 9.10. The number of nitrogens with zero attached hydrogens (tertiary/aromatic N) is 2. The van der Waals surface area contributed by atoms with Gasteiger partial charge in [0.1, 0.15) is 5.75 Å². The van der Waals surface area contributed by atoms with Crippen molar-refractivity contribution in [2.24, 2.45) is 17.8 Å². The van der Waals surface area contributed by atoms with Crippen molar-refractivity contribution in [2.45, 2.75) is 77.5 Å². The molecule has 0 spiro atoms. The lowest BCUT2D eigenvalue weighted by molar-refractivity contribution is -0.144. The Morgan fingerprint density at radius 1 is 1.05 bits per heavy atom. The molecule has 1 N–H and O–H groups in total. The van der Waals surface area contributed by atoms with Gasteiger partial charge in [0.25, 0.3) is 0 Å². The Kier molecular flexibility index (Phi) is 9.22. The summed E-state index contributed by atoms with van der Waals surface area (Å²) in [6, 6.07) is 16.0. The van der Waals surface area contributed by atoms with Crippen molar-refractivity contribution < 1.29 is 19.4 Å². The average molecular weight is 648 g/mol. The highest BCUT2D eigenvalue weighted by Gasteiger charge is 2.57. The minimum atomic E-state index is -0.289. The summed E-state index contributed by atoms with van der Waals surface area (Å²) in [6.07, 6.45) is 8.11. The highest BCUT2D eigenvalue weighted by Crippen LogP contribution is 2.50. The van der Waals surface area contributed by atoms with Gasteiger partial charge in [0.2, 0.25) is 11.8 Å². The van der Waals surface area contributed by atoms with Gasteiger partial charge < -0.3 is 9.84 Å². The number of likely N-dealkylation sites (tertiary alicyclic amines) is 2. The van der Waals surface area contributed by atoms with E-state index in [1.54, 1.807) is 11.0 Å². The number of phenolic OH excluding ortho intramolecular Hbond substituents is 1. The molecule has 228 valence electrons. The zero-order chi connectivity index (χ0) is 30.1. The van der Waals surface area contributed by atoms with Gasteiger partial charge in [-0.25, -0.2) is 0 Å². The van der Waals surface area contributed by atoms with Gasteiger partial charge in [0.05, 0.1) is 24.5 Å². The number of allylic oxidation sites excluding steroid dienone is 2. The summed E-state index contributed by atoms with van der Waals surface area (Å²) in [4.78, 5) is 31.8. The summed E-state index contributed by atoms with van der Waals surface area (Å²) < 4.78 is 7.34. The number of phenols is 1. The van der Waals surface area contributed by atoms with Gasteiger partial charge in [-0.2, -0.15) is 0 Å². The molecule has 0 saturated carbocycles. The van der Waals surface area contributed by atoms with Crippen LogP contribution >= 0.6 is 15.9 Å². The molecular formula is C36H43BrN2O4. The lowest BCUT2D eigenvalue weighted by atomic mass is 9.70. The lowest BCUT2D eigenvalue weighted by Crippen LogP contribution is -2.47. The van der Waals surface area contributed by atoms with Gasteiger partial charge in [-0.1, -0.05) is 76.8 Å². The van der Waals surface area contributed by atoms with Crippen LogP contribution in [0, 0.1) is 17.8 Å². The number of aromatic hydroxyl groups is 1. The van der Waals surface area contributed by atoms with Crippen molar-refractivity contribution in [1.82, 2.24) is 9.80 Å². The van der Waals surface area contributed by atoms with Crippen LogP contribution < -0.4 is 0 Å². The fourth-order valence-electron chi connectivity index (χ4n) is 7.96. The number of hydrogen-bond acceptors (Lipinski definition) is 5. The first kappa shape index (κ1) is 30.3. The van der Waals surface area contributed by atoms with Crippen molar-refractivity contribution in [1.29, 1.82) is 0 Å². The third kappa shape index (κ3) is 6.27. The Bertz CT molecular complexity index is 1410. The monoisotopic (exact) mass is 646 g/mol. The molecule has 0 unspecified atom stereocenters. The largest absolute Gasteiger partial charge is 0.507 e. The van der Waals surface area contributed by atoms with E-state index in [2.05, 4.69) is 65.0 Å². The minimum Gasteiger partial charge on any atom is -0.507 e. The molecule has 6 nitrogen and oxygen atoms in total. The summed E-state index contributed by atoms with van der Waals surface area (Å²) >= 11 is 3.51. The van der Waals surface area contributed by atoms with Crippen LogP contribution in [-0.2, 0) is 20.9 Å². The van der Waals surface area contributed by atoms with E-state index in [9.17, 15) is 14.7 Å². The number of rotatable bonds is 9. The van der Waals surface area contributed by atoms with Crippen LogP contribution in [0.15, 0.2) is 69.7 Å². The first-order valence-corrected chi connectivity index (χ1v) is 16.8. The van der Waals surface area contributed by atoms with Crippen molar-refractivity contribution >= 4 is 33.8 Å². The highest BCUT2D eigenvalue weighted by atomic mass is 79.9. The van der Waals surface area contributed by atoms with Crippen LogP contribution in [0.1, 0.15) is 69.9 Å². The molecular weight excluding hydrogens is 604 g/mol. The third-order valence-electron chi connectivity index (χ3n) is 10.0. The Morgan fingerprint density at radius 3 is 2.56 bits per heavy atom. The zero-order valence-electron chi connectivity index (χ0n) is 25.3. The second-order valence-electron chi connectivity index (χ2n) is 12.8. The van der Waals surface area contributed by atoms with Gasteiger partial charge in [-0.05, 0) is 74.8 Å². The van der Waals surface area contributed by atoms with Crippen LogP contribution in [0.25, 0.3) is 6.08 Å². The predicted octanol–water partition coefficient (Wildman–Crippen LogP) is 7.12. The van der Waals surface area contributed by atoms with Gasteiger partial charge in [0.15, 0.2) is 0 Å². The fourth-order valence-corrected chi connectivity index (χ4v) is 8.34. The number of ether oxygens (including phenoxy) is 1. The van der Waals surface area contributed by atoms with Gasteiger partial charge in [0, 0.05) is 41.6 Å². The maximum Gasteiger partial charge on any atom is 0.234 e. The zero-order valence-corrected chi connectivity index (χ0v) is 26.9. The van der Waals surface area contributed by atoms with E-state index >= 15 is 0 Å². The second-order valence-corrected chi connectivity index (χ2v) is 13.8. The molecule has 0 aromatic heterocycles. The molecule has 2 aromatic rings. The molecule has 4 aliphatic rings. The van der Waals surface area contributed by atoms with Crippen LogP contribution in [0.5, 0.6) is 5.75 Å². The normalized spacial score (nSPS) is 26.8. The Labute approximate surface area is 263 Å². The summed E-state index contributed by atoms with van der Waals surface area (Å²) in [5, 5.41) is 10.4. The van der Waals surface area contributed by atoms with E-state index in [-0.39, 0.29) is 47.5 Å². The minimum absolute atomic E-state index is 0.00361. The van der Waals surface area contributed by atoms with Gasteiger partial charge >= 0.3 is 0 Å². The second kappa shape index (κ2) is 13.1. The number of piperidine rings is 1. The van der Waals surface area contributed by atoms with E-state index in [0.29, 0.717) is 13.0 Å². The Morgan fingerprint density at radius 2 is 1.81 bits per heavy atom. The van der Waals surface area contributed by atoms with Crippen molar-refractivity contribution in [3.8, 4) is 5.75 Å². The molecule has 0 bridgehead atoms. The van der Waals surface area contributed by atoms with Crippen LogP contribution in [0.2, 0.25) is 0 Å². The Hall–Kier alpha value is -2.74. The van der Waals surface area contributed by atoms with Crippen LogP contribution in [0.3, 0.4) is 0 Å². The molecule has 4 atom stereocenters. The standard InChI is InChI=1S/C36H43BrN2O4/c1-3-7-24(19-26-20-27(37)11-12-31(26)40)10-13-32-33-23(2)18-29-34(30(33)22-43-32)36(42)39(35(29)41)28-14-16-38(17-15-28)21-25-8-5-4-6-9-25/h4-6,8-9,11-12,19-20,28-30,32,34,40H,3,7,10,13-18,21-22H2,1-2H3/b24-19+/t29-,30+,32-,34-/m1/s1. The van der Waals surface area contributed by atoms with Crippen LogP contribution in [-0.4, -0.2) is 58.6 Å².